The fourth-order valence-electron chi connectivity index (χ4n) is 4.06. The van der Waals surface area contributed by atoms with Crippen molar-refractivity contribution in [2.75, 3.05) is 6.61 Å². The summed E-state index contributed by atoms with van der Waals surface area (Å²) in [6.07, 6.45) is 27.7. The van der Waals surface area contributed by atoms with Crippen LogP contribution < -0.4 is 5.32 Å². The summed E-state index contributed by atoms with van der Waals surface area (Å²) in [7, 11) is 0. The van der Waals surface area contributed by atoms with Gasteiger partial charge in [0.25, 0.3) is 0 Å². The van der Waals surface area contributed by atoms with E-state index in [-0.39, 0.29) is 12.5 Å². The molecule has 3 N–H and O–H groups in total. The van der Waals surface area contributed by atoms with Crippen molar-refractivity contribution in [3.8, 4) is 0 Å². The van der Waals surface area contributed by atoms with Crippen molar-refractivity contribution in [3.05, 3.63) is 12.2 Å². The summed E-state index contributed by atoms with van der Waals surface area (Å²) in [5.74, 6) is -0.0904. The van der Waals surface area contributed by atoms with E-state index in [4.69, 9.17) is 0 Å². The van der Waals surface area contributed by atoms with Crippen LogP contribution in [0.15, 0.2) is 12.2 Å². The molecule has 4 nitrogen and oxygen atoms in total. The van der Waals surface area contributed by atoms with E-state index in [1.54, 1.807) is 6.08 Å². The molecule has 0 radical (unpaired) electrons. The number of carbonyl (C=O) groups is 1. The summed E-state index contributed by atoms with van der Waals surface area (Å²) < 4.78 is 0. The Morgan fingerprint density at radius 1 is 0.719 bits per heavy atom. The number of allylic oxidation sites excluding steroid dienone is 1. The minimum atomic E-state index is -0.827. The van der Waals surface area contributed by atoms with E-state index >= 15 is 0 Å². The first-order chi connectivity index (χ1) is 15.7. The lowest BCUT2D eigenvalue weighted by Gasteiger charge is -2.19. The Balaban J connectivity index is 3.53. The third kappa shape index (κ3) is 21.0. The van der Waals surface area contributed by atoms with Gasteiger partial charge in [-0.1, -0.05) is 129 Å². The van der Waals surface area contributed by atoms with Gasteiger partial charge in [-0.05, 0) is 19.3 Å². The lowest BCUT2D eigenvalue weighted by molar-refractivity contribution is -0.123. The fourth-order valence-corrected chi connectivity index (χ4v) is 4.06. The van der Waals surface area contributed by atoms with Crippen LogP contribution >= 0.6 is 0 Å². The normalized spacial score (nSPS) is 13.5. The maximum atomic E-state index is 11.9. The number of nitrogens with one attached hydrogen (secondary N) is 1. The third-order valence-electron chi connectivity index (χ3n) is 6.27. The molecule has 0 fully saturated rings. The van der Waals surface area contributed by atoms with Gasteiger partial charge < -0.3 is 15.5 Å². The van der Waals surface area contributed by atoms with Crippen molar-refractivity contribution in [1.29, 1.82) is 0 Å². The predicted octanol–water partition coefficient (Wildman–Crippen LogP) is 7.22. The summed E-state index contributed by atoms with van der Waals surface area (Å²) in [6, 6.07) is -0.610. The van der Waals surface area contributed by atoms with Crippen molar-refractivity contribution in [2.45, 2.75) is 154 Å². The highest BCUT2D eigenvalue weighted by atomic mass is 16.3. The minimum Gasteiger partial charge on any atom is -0.394 e. The fraction of sp³-hybridized carbons (Fsp3) is 0.893. The van der Waals surface area contributed by atoms with E-state index in [1.807, 2.05) is 6.08 Å². The van der Waals surface area contributed by atoms with E-state index in [0.717, 1.165) is 32.1 Å². The van der Waals surface area contributed by atoms with Crippen LogP contribution in [0.2, 0.25) is 0 Å². The van der Waals surface area contributed by atoms with Crippen molar-refractivity contribution in [1.82, 2.24) is 5.32 Å². The second-order valence-corrected chi connectivity index (χ2v) is 9.47. The zero-order valence-corrected chi connectivity index (χ0v) is 21.5. The number of amides is 1. The molecule has 0 spiro atoms. The van der Waals surface area contributed by atoms with Crippen molar-refractivity contribution >= 4 is 5.91 Å². The summed E-state index contributed by atoms with van der Waals surface area (Å²) in [5.41, 5.74) is 0. The van der Waals surface area contributed by atoms with Crippen molar-refractivity contribution in [3.63, 3.8) is 0 Å². The van der Waals surface area contributed by atoms with Crippen LogP contribution in [0.4, 0.5) is 0 Å². The highest BCUT2D eigenvalue weighted by Crippen LogP contribution is 2.14. The first-order valence-electron chi connectivity index (χ1n) is 13.9. The maximum absolute atomic E-state index is 11.9. The molecule has 0 rings (SSSR count). The smallest absolute Gasteiger partial charge is 0.220 e. The predicted molar refractivity (Wildman–Crippen MR) is 138 cm³/mol. The van der Waals surface area contributed by atoms with Crippen LogP contribution in [0.1, 0.15) is 142 Å². The van der Waals surface area contributed by atoms with Gasteiger partial charge in [0.15, 0.2) is 0 Å². The standard InChI is InChI=1S/C28H55NO3/c1-3-5-7-8-9-10-11-12-13-14-15-16-17-18-19-20-22-23-27(31)26(25-30)29-28(32)24-21-6-4-2/h22-23,26-27,30-31H,3-21,24-25H2,1-2H3,(H,29,32)/b23-22+. The van der Waals surface area contributed by atoms with Crippen molar-refractivity contribution in [2.24, 2.45) is 0 Å². The number of unbranched alkanes of at least 4 members (excludes halogenated alkanes) is 17. The molecule has 0 saturated heterocycles. The highest BCUT2D eigenvalue weighted by molar-refractivity contribution is 5.76. The van der Waals surface area contributed by atoms with E-state index in [0.29, 0.717) is 6.42 Å². The molecule has 0 aliphatic carbocycles. The quantitative estimate of drug-likeness (QED) is 0.107. The molecule has 32 heavy (non-hydrogen) atoms. The highest BCUT2D eigenvalue weighted by Gasteiger charge is 2.17. The van der Waals surface area contributed by atoms with Gasteiger partial charge in [0.05, 0.1) is 18.8 Å². The van der Waals surface area contributed by atoms with Gasteiger partial charge >= 0.3 is 0 Å². The average Bonchev–Trinajstić information content (AvgIpc) is 2.79. The number of aliphatic hydroxyl groups excluding tert-OH is 2. The SMILES string of the molecule is CCCCCCCCCCCCCCCCC/C=C/C(O)C(CO)NC(=O)CCCCC. The molecule has 2 atom stereocenters. The largest absolute Gasteiger partial charge is 0.394 e. The van der Waals surface area contributed by atoms with E-state index < -0.39 is 12.1 Å². The zero-order chi connectivity index (χ0) is 23.7. The van der Waals surface area contributed by atoms with Gasteiger partial charge in [-0.2, -0.15) is 0 Å². The number of rotatable bonds is 24. The number of carbonyl (C=O) groups excluding carboxylic acids is 1. The Hall–Kier alpha value is -0.870. The summed E-state index contributed by atoms with van der Waals surface area (Å²) in [4.78, 5) is 11.9. The van der Waals surface area contributed by atoms with Crippen LogP contribution in [-0.2, 0) is 4.79 Å². The molecule has 0 aromatic rings. The van der Waals surface area contributed by atoms with E-state index in [2.05, 4.69) is 19.2 Å². The summed E-state index contributed by atoms with van der Waals surface area (Å²) in [6.45, 7) is 4.13. The second kappa shape index (κ2) is 24.8. The van der Waals surface area contributed by atoms with Crippen LogP contribution in [-0.4, -0.2) is 34.9 Å². The Bertz CT molecular complexity index is 425. The Morgan fingerprint density at radius 2 is 1.16 bits per heavy atom. The van der Waals surface area contributed by atoms with Crippen molar-refractivity contribution < 1.29 is 15.0 Å². The molecule has 0 aromatic heterocycles. The Morgan fingerprint density at radius 3 is 1.62 bits per heavy atom. The molecule has 190 valence electrons. The first-order valence-corrected chi connectivity index (χ1v) is 13.9. The lowest BCUT2D eigenvalue weighted by atomic mass is 10.0. The Labute approximate surface area is 199 Å². The van der Waals surface area contributed by atoms with Crippen LogP contribution in [0, 0.1) is 0 Å². The average molecular weight is 454 g/mol. The first kappa shape index (κ1) is 31.1. The van der Waals surface area contributed by atoms with Crippen LogP contribution in [0.5, 0.6) is 0 Å². The van der Waals surface area contributed by atoms with Gasteiger partial charge in [-0.3, -0.25) is 4.79 Å². The second-order valence-electron chi connectivity index (χ2n) is 9.47. The number of hydrogen-bond donors (Lipinski definition) is 3. The number of aliphatic hydroxyl groups is 2. The van der Waals surface area contributed by atoms with Gasteiger partial charge in [-0.15, -0.1) is 0 Å². The molecule has 1 amide bonds. The van der Waals surface area contributed by atoms with Gasteiger partial charge in [0.2, 0.25) is 5.91 Å². The van der Waals surface area contributed by atoms with E-state index in [9.17, 15) is 15.0 Å². The molecular weight excluding hydrogens is 398 g/mol. The van der Waals surface area contributed by atoms with E-state index in [1.165, 1.54) is 89.9 Å². The molecule has 0 heterocycles. The maximum Gasteiger partial charge on any atom is 0.220 e. The molecule has 0 aromatic carbocycles. The minimum absolute atomic E-state index is 0.0904. The Kier molecular flexibility index (Phi) is 24.1. The third-order valence-corrected chi connectivity index (χ3v) is 6.27. The summed E-state index contributed by atoms with van der Waals surface area (Å²) >= 11 is 0. The lowest BCUT2D eigenvalue weighted by Crippen LogP contribution is -2.45. The molecule has 0 aliphatic rings. The monoisotopic (exact) mass is 453 g/mol. The molecule has 4 heteroatoms. The number of hydrogen-bond acceptors (Lipinski definition) is 3. The summed E-state index contributed by atoms with van der Waals surface area (Å²) in [5, 5.41) is 22.4. The van der Waals surface area contributed by atoms with Crippen LogP contribution in [0.25, 0.3) is 0 Å². The topological polar surface area (TPSA) is 69.6 Å². The molecule has 2 unspecified atom stereocenters. The van der Waals surface area contributed by atoms with Gasteiger partial charge in [0.1, 0.15) is 0 Å². The molecule has 0 aliphatic heterocycles. The molecular formula is C28H55NO3. The van der Waals surface area contributed by atoms with Gasteiger partial charge in [0, 0.05) is 6.42 Å². The zero-order valence-electron chi connectivity index (χ0n) is 21.5. The molecule has 0 saturated carbocycles. The van der Waals surface area contributed by atoms with Crippen LogP contribution in [0.3, 0.4) is 0 Å². The molecule has 0 bridgehead atoms. The van der Waals surface area contributed by atoms with Gasteiger partial charge in [-0.25, -0.2) is 0 Å².